The van der Waals surface area contributed by atoms with Crippen molar-refractivity contribution in [1.29, 1.82) is 0 Å². The fourth-order valence-electron chi connectivity index (χ4n) is 2.58. The lowest BCUT2D eigenvalue weighted by Gasteiger charge is -2.24. The zero-order valence-electron chi connectivity index (χ0n) is 13.0. The van der Waals surface area contributed by atoms with Crippen LogP contribution in [-0.4, -0.2) is 44.4 Å². The lowest BCUT2D eigenvalue weighted by molar-refractivity contribution is -0.0311. The Hall–Kier alpha value is -1.51. The molecule has 3 rings (SSSR count). The molecule has 0 saturated carbocycles. The Morgan fingerprint density at radius 1 is 1.52 bits per heavy atom. The maximum Gasteiger partial charge on any atom is 0.181 e. The van der Waals surface area contributed by atoms with Crippen molar-refractivity contribution in [2.75, 3.05) is 25.1 Å². The third-order valence-electron chi connectivity index (χ3n) is 3.85. The van der Waals surface area contributed by atoms with Gasteiger partial charge in [-0.15, -0.1) is 0 Å². The summed E-state index contributed by atoms with van der Waals surface area (Å²) in [4.78, 5) is 13.2. The van der Waals surface area contributed by atoms with Crippen LogP contribution in [0.3, 0.4) is 0 Å². The van der Waals surface area contributed by atoms with Crippen molar-refractivity contribution in [3.05, 3.63) is 22.7 Å². The number of ether oxygens (including phenoxy) is 1. The second-order valence-electron chi connectivity index (χ2n) is 5.56. The molecule has 1 unspecified atom stereocenters. The molecule has 1 saturated heterocycles. The van der Waals surface area contributed by atoms with E-state index < -0.39 is 0 Å². The Labute approximate surface area is 142 Å². The largest absolute Gasteiger partial charge is 0.392 e. The zero-order chi connectivity index (χ0) is 16.2. The summed E-state index contributed by atoms with van der Waals surface area (Å²) in [7, 11) is 0. The molecule has 1 aliphatic heterocycles. The number of halogens is 1. The number of rotatable bonds is 5. The summed E-state index contributed by atoms with van der Waals surface area (Å²) < 4.78 is 8.53. The van der Waals surface area contributed by atoms with Crippen molar-refractivity contribution in [3.63, 3.8) is 0 Å². The van der Waals surface area contributed by atoms with Gasteiger partial charge in [0, 0.05) is 13.2 Å². The van der Waals surface area contributed by atoms with Gasteiger partial charge in [-0.2, -0.15) is 0 Å². The van der Waals surface area contributed by atoms with Gasteiger partial charge < -0.3 is 15.2 Å². The number of hydrogen-bond acceptors (Lipinski definition) is 6. The second-order valence-corrected chi connectivity index (χ2v) is 6.27. The summed E-state index contributed by atoms with van der Waals surface area (Å²) in [5.74, 6) is 0.673. The van der Waals surface area contributed by atoms with Gasteiger partial charge in [-0.25, -0.2) is 15.0 Å². The Bertz CT molecular complexity index is 709. The van der Waals surface area contributed by atoms with Crippen LogP contribution in [-0.2, 0) is 4.74 Å². The van der Waals surface area contributed by atoms with E-state index in [4.69, 9.17) is 9.84 Å². The van der Waals surface area contributed by atoms with Crippen LogP contribution in [0.25, 0.3) is 11.2 Å². The molecule has 0 aromatic carbocycles. The van der Waals surface area contributed by atoms with Crippen LogP contribution in [0, 0.1) is 0 Å². The van der Waals surface area contributed by atoms with E-state index in [1.165, 1.54) is 6.33 Å². The molecule has 0 spiro atoms. The van der Waals surface area contributed by atoms with E-state index in [-0.39, 0.29) is 12.8 Å². The van der Waals surface area contributed by atoms with Crippen LogP contribution in [0.4, 0.5) is 5.82 Å². The zero-order valence-corrected chi connectivity index (χ0v) is 14.6. The number of hydrogen-bond donors (Lipinski definition) is 2. The van der Waals surface area contributed by atoms with E-state index in [9.17, 15) is 0 Å². The van der Waals surface area contributed by atoms with Gasteiger partial charge in [0.05, 0.1) is 6.61 Å². The minimum atomic E-state index is -0.0394. The monoisotopic (exact) mass is 381 g/mol. The highest BCUT2D eigenvalue weighted by Gasteiger charge is 2.23. The van der Waals surface area contributed by atoms with Crippen molar-refractivity contribution in [2.24, 2.45) is 0 Å². The van der Waals surface area contributed by atoms with Crippen LogP contribution in [0.5, 0.6) is 0 Å². The van der Waals surface area contributed by atoms with Crippen molar-refractivity contribution in [3.8, 4) is 0 Å². The lowest BCUT2D eigenvalue weighted by atomic mass is 10.2. The smallest absolute Gasteiger partial charge is 0.181 e. The van der Waals surface area contributed by atoms with Gasteiger partial charge in [0.25, 0.3) is 0 Å². The first-order chi connectivity index (χ1) is 11.2. The molecule has 124 valence electrons. The van der Waals surface area contributed by atoms with Gasteiger partial charge in [-0.1, -0.05) is 11.6 Å². The van der Waals surface area contributed by atoms with E-state index >= 15 is 0 Å². The molecular weight excluding hydrogens is 362 g/mol. The van der Waals surface area contributed by atoms with Crippen LogP contribution < -0.4 is 5.32 Å². The maximum absolute atomic E-state index is 9.03. The first kappa shape index (κ1) is 16.4. The van der Waals surface area contributed by atoms with Crippen LogP contribution in [0.1, 0.15) is 32.4 Å². The molecule has 8 heteroatoms. The van der Waals surface area contributed by atoms with Gasteiger partial charge in [0.1, 0.15) is 12.6 Å². The molecule has 1 atom stereocenters. The minimum absolute atomic E-state index is 0.0394. The van der Waals surface area contributed by atoms with Gasteiger partial charge >= 0.3 is 0 Å². The first-order valence-electron chi connectivity index (χ1n) is 7.71. The highest BCUT2D eigenvalue weighted by atomic mass is 79.9. The number of imidazole rings is 1. The summed E-state index contributed by atoms with van der Waals surface area (Å²) in [6, 6.07) is 0. The highest BCUT2D eigenvalue weighted by Crippen LogP contribution is 2.31. The normalized spacial score (nSPS) is 19.3. The first-order valence-corrected chi connectivity index (χ1v) is 8.50. The van der Waals surface area contributed by atoms with Crippen molar-refractivity contribution in [1.82, 2.24) is 19.5 Å². The molecule has 7 nitrogen and oxygen atoms in total. The molecule has 23 heavy (non-hydrogen) atoms. The average molecular weight is 382 g/mol. The predicted octanol–water partition coefficient (Wildman–Crippen LogP) is 2.64. The minimum Gasteiger partial charge on any atom is -0.392 e. The van der Waals surface area contributed by atoms with E-state index in [1.807, 2.05) is 17.6 Å². The van der Waals surface area contributed by atoms with E-state index in [0.717, 1.165) is 37.1 Å². The fraction of sp³-hybridized carbons (Fsp3) is 0.533. The molecule has 2 aromatic rings. The Morgan fingerprint density at radius 3 is 3.13 bits per heavy atom. The number of aliphatic hydroxyl groups is 1. The number of aliphatic hydroxyl groups excluding tert-OH is 1. The second kappa shape index (κ2) is 7.37. The third-order valence-corrected chi connectivity index (χ3v) is 4.41. The number of aromatic nitrogens is 4. The molecule has 0 aliphatic carbocycles. The molecule has 1 aliphatic rings. The molecule has 2 aromatic heterocycles. The van der Waals surface area contributed by atoms with Gasteiger partial charge in [0.2, 0.25) is 0 Å². The van der Waals surface area contributed by atoms with Crippen molar-refractivity contribution < 1.29 is 9.84 Å². The number of nitrogens with one attached hydrogen (secondary N) is 1. The van der Waals surface area contributed by atoms with Crippen molar-refractivity contribution in [2.45, 2.75) is 32.4 Å². The maximum atomic E-state index is 9.03. The van der Waals surface area contributed by atoms with Gasteiger partial charge in [0.15, 0.2) is 21.7 Å². The highest BCUT2D eigenvalue weighted by molar-refractivity contribution is 9.10. The molecule has 0 amide bonds. The lowest BCUT2D eigenvalue weighted by Crippen LogP contribution is -2.18. The number of fused-ring (bicyclic) bond motifs is 1. The molecule has 3 heterocycles. The summed E-state index contributed by atoms with van der Waals surface area (Å²) in [5, 5.41) is 12.3. The Balaban J connectivity index is 1.89. The number of nitrogens with zero attached hydrogens (tertiary/aromatic N) is 4. The predicted molar refractivity (Wildman–Crippen MR) is 91.2 cm³/mol. The Morgan fingerprint density at radius 2 is 2.39 bits per heavy atom. The van der Waals surface area contributed by atoms with Crippen molar-refractivity contribution >= 4 is 32.9 Å². The molecule has 0 bridgehead atoms. The van der Waals surface area contributed by atoms with Crippen LogP contribution >= 0.6 is 15.9 Å². The summed E-state index contributed by atoms with van der Waals surface area (Å²) in [6.07, 6.45) is 6.60. The van der Waals surface area contributed by atoms with Gasteiger partial charge in [-0.05, 0) is 42.1 Å². The van der Waals surface area contributed by atoms with E-state index in [2.05, 4.69) is 36.2 Å². The quantitative estimate of drug-likeness (QED) is 0.611. The average Bonchev–Trinajstić information content (AvgIpc) is 2.92. The third kappa shape index (κ3) is 3.54. The van der Waals surface area contributed by atoms with Gasteiger partial charge in [-0.3, -0.25) is 4.57 Å². The molecular formula is C15H20BrN5O2. The van der Waals surface area contributed by atoms with Crippen LogP contribution in [0.15, 0.2) is 22.7 Å². The molecule has 0 radical (unpaired) electrons. The summed E-state index contributed by atoms with van der Waals surface area (Å²) in [5.41, 5.74) is 2.37. The SMILES string of the molecule is CC(=CCNc1ncnc2c1nc(Br)n2C1CCCCO1)CO. The Kier molecular flexibility index (Phi) is 5.24. The number of anilines is 1. The van der Waals surface area contributed by atoms with Crippen LogP contribution in [0.2, 0.25) is 0 Å². The molecule has 2 N–H and O–H groups in total. The standard InChI is InChI=1S/C15H20BrN5O2/c1-10(8-22)5-6-17-13-12-14(19-9-18-13)21(15(16)20-12)11-4-2-3-7-23-11/h5,9,11,22H,2-4,6-8H2,1H3,(H,17,18,19). The summed E-state index contributed by atoms with van der Waals surface area (Å²) >= 11 is 3.51. The summed E-state index contributed by atoms with van der Waals surface area (Å²) in [6.45, 7) is 3.27. The van der Waals surface area contributed by atoms with E-state index in [1.54, 1.807) is 0 Å². The fourth-order valence-corrected chi connectivity index (χ4v) is 3.15. The topological polar surface area (TPSA) is 85.1 Å². The molecule has 1 fully saturated rings. The van der Waals surface area contributed by atoms with E-state index in [0.29, 0.717) is 22.6 Å².